The molecule has 0 saturated carbocycles. The van der Waals surface area contributed by atoms with Crippen LogP contribution in [0.2, 0.25) is 0 Å². The van der Waals surface area contributed by atoms with Gasteiger partial charge < -0.3 is 11.3 Å². The molecule has 0 radical (unpaired) electrons. The van der Waals surface area contributed by atoms with Crippen molar-refractivity contribution in [3.05, 3.63) is 0 Å². The number of nitrogens with zero attached hydrogens (tertiary/aromatic N) is 1. The molecule has 0 bridgehead atoms. The molecule has 0 N–H and O–H groups in total. The van der Waals surface area contributed by atoms with Crippen LogP contribution in [-0.4, -0.2) is 61.6 Å². The molecule has 0 aliphatic heterocycles. The molecular weight excluding hydrogens is 497 g/mol. The number of halogens is 16. The van der Waals surface area contributed by atoms with Crippen molar-refractivity contribution in [1.29, 1.82) is 0 Å². The van der Waals surface area contributed by atoms with Gasteiger partial charge in [-0.05, 0) is 0 Å². The Labute approximate surface area is 193 Å². The molecule has 0 saturated heterocycles. The fourth-order valence-corrected chi connectivity index (χ4v) is 0.400. The number of hydrogen-bond donors (Lipinski definition) is 0. The van der Waals surface area contributed by atoms with Gasteiger partial charge in [0.2, 0.25) is 0 Å². The number of carbonyl (C=O) groups excluding carboxylic acids is 1. The molecule has 0 aromatic carbocycles. The Kier molecular flexibility index (Phi) is 18.6. The molecule has 0 rings (SSSR count). The molecule has 3 nitrogen and oxygen atoms in total. The molecular formula is C9H7F16KNO2-. The maximum Gasteiger partial charge on any atom is 1.00 e. The minimum atomic E-state index is -6.08. The Balaban J connectivity index is -0.000000101. The number of aliphatic carboxylic acids is 1. The zero-order chi connectivity index (χ0) is 23.7. The van der Waals surface area contributed by atoms with Crippen molar-refractivity contribution in [2.24, 2.45) is 0 Å². The number of alkyl halides is 16. The van der Waals surface area contributed by atoms with E-state index in [9.17, 15) is 70.2 Å². The molecule has 0 aliphatic rings. The summed E-state index contributed by atoms with van der Waals surface area (Å²) in [6.07, 6.45) is -14.7. The molecule has 174 valence electrons. The Morgan fingerprint density at radius 1 is 0.793 bits per heavy atom. The van der Waals surface area contributed by atoms with Gasteiger partial charge >= 0.3 is 95.4 Å². The molecule has 20 heteroatoms. The second-order valence-electron chi connectivity index (χ2n) is 3.82. The summed E-state index contributed by atoms with van der Waals surface area (Å²) in [6, 6.07) is 0. The zero-order valence-electron chi connectivity index (χ0n) is 14.3. The normalized spacial score (nSPS) is 12.4. The van der Waals surface area contributed by atoms with Crippen LogP contribution in [0, 0.1) is 0 Å². The van der Waals surface area contributed by atoms with E-state index < -0.39 is 61.6 Å². The first-order valence-corrected chi connectivity index (χ1v) is 5.65. The Morgan fingerprint density at radius 2 is 1.07 bits per heavy atom. The van der Waals surface area contributed by atoms with Gasteiger partial charge in [-0.2, -0.15) is 53.2 Å². The van der Waals surface area contributed by atoms with Crippen molar-refractivity contribution < 1.29 is 133 Å². The average Bonchev–Trinajstić information content (AvgIpc) is 2.46. The van der Waals surface area contributed by atoms with E-state index in [4.69, 9.17) is 9.90 Å². The Bertz CT molecular complexity index is 431. The summed E-state index contributed by atoms with van der Waals surface area (Å²) in [5, 5.41) is 9.09. The maximum absolute atomic E-state index is 11.3. The summed E-state index contributed by atoms with van der Waals surface area (Å²) in [5.74, 6) is -14.4. The summed E-state index contributed by atoms with van der Waals surface area (Å²) in [6.45, 7) is -8.71. The fourth-order valence-electron chi connectivity index (χ4n) is 0.400. The second kappa shape index (κ2) is 14.9. The molecule has 0 atom stereocenters. The average molecular weight is 504 g/mol. The summed E-state index contributed by atoms with van der Waals surface area (Å²) >= 11 is 0. The van der Waals surface area contributed by atoms with E-state index in [-0.39, 0.29) is 52.8 Å². The topological polar surface area (TPSA) is 43.4 Å². The van der Waals surface area contributed by atoms with Gasteiger partial charge in [0.15, 0.2) is 6.80 Å². The van der Waals surface area contributed by atoms with Gasteiger partial charge in [0.25, 0.3) is 0 Å². The van der Waals surface area contributed by atoms with Crippen molar-refractivity contribution in [1.82, 2.24) is 4.90 Å². The van der Waals surface area contributed by atoms with E-state index in [0.717, 1.165) is 0 Å². The van der Waals surface area contributed by atoms with Gasteiger partial charge in [-0.3, -0.25) is 0 Å². The quantitative estimate of drug-likeness (QED) is 0.307. The molecule has 0 spiro atoms. The SMILES string of the molecule is FC(F)C(F)(F)C(F)F.FCN(C(F)F)C(F)F.O=C([O-])C(F)(F)C(F)(F)F.[H-].[K+]. The van der Waals surface area contributed by atoms with Crippen LogP contribution in [0.15, 0.2) is 0 Å². The predicted molar refractivity (Wildman–Crippen MR) is 53.9 cm³/mol. The van der Waals surface area contributed by atoms with Gasteiger partial charge in [0.05, 0.1) is 0 Å². The van der Waals surface area contributed by atoms with Gasteiger partial charge in [-0.15, -0.1) is 0 Å². The van der Waals surface area contributed by atoms with E-state index in [0.29, 0.717) is 0 Å². The number of carboxylic acids is 1. The van der Waals surface area contributed by atoms with E-state index in [1.54, 1.807) is 0 Å². The minimum absolute atomic E-state index is 0. The van der Waals surface area contributed by atoms with Gasteiger partial charge in [-0.1, -0.05) is 0 Å². The third-order valence-electron chi connectivity index (χ3n) is 1.83. The smallest absolute Gasteiger partial charge is 1.00 e. The first kappa shape index (κ1) is 36.3. The standard InChI is InChI=1S/C3H2F6.C3H4F5N.C3HF5O2.K.H/c4-1(5)3(8,9)2(6)7;4-1-9(2(5)6)3(7)8;4-2(5,1(9)10)3(6,7)8;;/h1-2H;2-3H,1H2;(H,9,10);;/q;;;+1;-1/p-1. The summed E-state index contributed by atoms with van der Waals surface area (Å²) in [7, 11) is 0. The molecule has 0 aromatic rings. The van der Waals surface area contributed by atoms with Crippen molar-refractivity contribution in [3.8, 4) is 0 Å². The number of carbonyl (C=O) groups is 1. The van der Waals surface area contributed by atoms with E-state index >= 15 is 0 Å². The largest absolute Gasteiger partial charge is 1.00 e. The number of hydrogen-bond acceptors (Lipinski definition) is 3. The first-order valence-electron chi connectivity index (χ1n) is 5.65. The molecule has 0 aromatic heterocycles. The zero-order valence-corrected chi connectivity index (χ0v) is 16.5. The van der Waals surface area contributed by atoms with Crippen LogP contribution >= 0.6 is 0 Å². The summed E-state index contributed by atoms with van der Waals surface area (Å²) < 4.78 is 177. The van der Waals surface area contributed by atoms with Crippen molar-refractivity contribution in [2.45, 2.75) is 44.0 Å². The van der Waals surface area contributed by atoms with Crippen LogP contribution in [0.4, 0.5) is 70.2 Å². The first-order chi connectivity index (χ1) is 12.2. The van der Waals surface area contributed by atoms with Crippen molar-refractivity contribution in [3.63, 3.8) is 0 Å². The molecule has 29 heavy (non-hydrogen) atoms. The second-order valence-corrected chi connectivity index (χ2v) is 3.82. The van der Waals surface area contributed by atoms with Crippen LogP contribution < -0.4 is 56.5 Å². The summed E-state index contributed by atoms with van der Waals surface area (Å²) in [5.41, 5.74) is 0. The van der Waals surface area contributed by atoms with Gasteiger partial charge in [0, 0.05) is 0 Å². The number of carboxylic acid groups (broad SMARTS) is 1. The van der Waals surface area contributed by atoms with E-state index in [1.165, 1.54) is 0 Å². The fraction of sp³-hybridized carbons (Fsp3) is 0.889. The van der Waals surface area contributed by atoms with Crippen LogP contribution in [0.25, 0.3) is 0 Å². The van der Waals surface area contributed by atoms with Gasteiger partial charge in [-0.25, -0.2) is 22.0 Å². The van der Waals surface area contributed by atoms with E-state index in [1.807, 2.05) is 0 Å². The van der Waals surface area contributed by atoms with Crippen molar-refractivity contribution in [2.75, 3.05) is 6.80 Å². The molecule has 0 fully saturated rings. The van der Waals surface area contributed by atoms with E-state index in [2.05, 4.69) is 0 Å². The van der Waals surface area contributed by atoms with Crippen LogP contribution in [0.1, 0.15) is 1.43 Å². The molecule has 0 aliphatic carbocycles. The van der Waals surface area contributed by atoms with Crippen molar-refractivity contribution >= 4 is 5.97 Å². The Hall–Kier alpha value is -0.0536. The molecule has 0 amide bonds. The Morgan fingerprint density at radius 3 is 1.07 bits per heavy atom. The van der Waals surface area contributed by atoms with Gasteiger partial charge in [0.1, 0.15) is 5.97 Å². The predicted octanol–water partition coefficient (Wildman–Crippen LogP) is 0.863. The molecule has 0 heterocycles. The third-order valence-corrected chi connectivity index (χ3v) is 1.83. The third kappa shape index (κ3) is 13.8. The molecule has 0 unspecified atom stereocenters. The summed E-state index contributed by atoms with van der Waals surface area (Å²) in [4.78, 5) is 8.21. The van der Waals surface area contributed by atoms with Crippen LogP contribution in [0.3, 0.4) is 0 Å². The minimum Gasteiger partial charge on any atom is -1.00 e. The van der Waals surface area contributed by atoms with Crippen LogP contribution in [0.5, 0.6) is 0 Å². The van der Waals surface area contributed by atoms with Crippen LogP contribution in [-0.2, 0) is 4.79 Å². The maximum atomic E-state index is 11.3. The number of rotatable bonds is 6. The monoisotopic (exact) mass is 504 g/mol.